The number of hydrogen-bond donors (Lipinski definition) is 1. The van der Waals surface area contributed by atoms with E-state index in [0.717, 1.165) is 6.21 Å². The van der Waals surface area contributed by atoms with Crippen LogP contribution in [0, 0.1) is 0 Å². The van der Waals surface area contributed by atoms with E-state index in [1.54, 1.807) is 48.5 Å². The Labute approximate surface area is 122 Å². The van der Waals surface area contributed by atoms with Gasteiger partial charge in [-0.3, -0.25) is 9.59 Å². The van der Waals surface area contributed by atoms with Crippen molar-refractivity contribution < 1.29 is 14.3 Å². The molecule has 5 nitrogen and oxygen atoms in total. The highest BCUT2D eigenvalue weighted by Crippen LogP contribution is 2.16. The minimum Gasteiger partial charge on any atom is -0.496 e. The van der Waals surface area contributed by atoms with Gasteiger partial charge in [0.25, 0.3) is 5.91 Å². The molecular weight excluding hydrogens is 268 g/mol. The van der Waals surface area contributed by atoms with E-state index in [1.165, 1.54) is 7.11 Å². The molecule has 0 fully saturated rings. The highest BCUT2D eigenvalue weighted by molar-refractivity contribution is 6.35. The average molecular weight is 282 g/mol. The van der Waals surface area contributed by atoms with Crippen LogP contribution >= 0.6 is 0 Å². The Morgan fingerprint density at radius 2 is 1.71 bits per heavy atom. The maximum atomic E-state index is 11.9. The van der Waals surface area contributed by atoms with Crippen LogP contribution in [0.25, 0.3) is 0 Å². The van der Waals surface area contributed by atoms with Crippen molar-refractivity contribution in [2.75, 3.05) is 7.11 Å². The van der Waals surface area contributed by atoms with Gasteiger partial charge in [0.1, 0.15) is 5.75 Å². The van der Waals surface area contributed by atoms with Crippen molar-refractivity contribution in [3.8, 4) is 5.75 Å². The number of amides is 1. The molecule has 0 saturated heterocycles. The molecule has 106 valence electrons. The number of nitrogens with zero attached hydrogens (tertiary/aromatic N) is 1. The van der Waals surface area contributed by atoms with Crippen LogP contribution in [0.3, 0.4) is 0 Å². The predicted octanol–water partition coefficient (Wildman–Crippen LogP) is 2.29. The molecule has 0 saturated carbocycles. The maximum absolute atomic E-state index is 11.9. The standard InChI is InChI=1S/C16H14N2O3/c1-21-15-10-6-5-9-13(15)16(20)18-17-11-14(19)12-7-3-2-4-8-12/h2-11H,1H3,(H,18,20)/b17-11+. The summed E-state index contributed by atoms with van der Waals surface area (Å²) in [6.07, 6.45) is 1.07. The second-order valence-corrected chi connectivity index (χ2v) is 4.13. The lowest BCUT2D eigenvalue weighted by Gasteiger charge is -2.05. The molecule has 0 bridgehead atoms. The number of methoxy groups -OCH3 is 1. The van der Waals surface area contributed by atoms with Crippen molar-refractivity contribution in [2.45, 2.75) is 0 Å². The quantitative estimate of drug-likeness (QED) is 0.520. The van der Waals surface area contributed by atoms with Crippen LogP contribution in [-0.2, 0) is 0 Å². The van der Waals surface area contributed by atoms with Crippen LogP contribution < -0.4 is 10.2 Å². The molecule has 0 aromatic heterocycles. The summed E-state index contributed by atoms with van der Waals surface area (Å²) in [5.74, 6) is -0.278. The number of carbonyl (C=O) groups excluding carboxylic acids is 2. The van der Waals surface area contributed by atoms with E-state index in [1.807, 2.05) is 6.07 Å². The first-order valence-electron chi connectivity index (χ1n) is 6.28. The number of benzene rings is 2. The number of ketones is 1. The molecule has 0 radical (unpaired) electrons. The number of ether oxygens (including phenoxy) is 1. The number of hydrazone groups is 1. The maximum Gasteiger partial charge on any atom is 0.275 e. The monoisotopic (exact) mass is 282 g/mol. The van der Waals surface area contributed by atoms with E-state index < -0.39 is 5.91 Å². The first-order valence-corrected chi connectivity index (χ1v) is 6.28. The van der Waals surface area contributed by atoms with E-state index in [9.17, 15) is 9.59 Å². The van der Waals surface area contributed by atoms with Gasteiger partial charge in [-0.05, 0) is 12.1 Å². The van der Waals surface area contributed by atoms with E-state index >= 15 is 0 Å². The molecule has 0 aliphatic carbocycles. The first-order chi connectivity index (χ1) is 10.2. The number of rotatable bonds is 5. The molecule has 2 rings (SSSR count). The lowest BCUT2D eigenvalue weighted by Crippen LogP contribution is -2.19. The van der Waals surface area contributed by atoms with Crippen LogP contribution in [0.4, 0.5) is 0 Å². The van der Waals surface area contributed by atoms with Crippen LogP contribution in [0.15, 0.2) is 59.7 Å². The Bertz CT molecular complexity index is 666. The third-order valence-electron chi connectivity index (χ3n) is 2.76. The predicted molar refractivity (Wildman–Crippen MR) is 79.7 cm³/mol. The highest BCUT2D eigenvalue weighted by Gasteiger charge is 2.10. The zero-order valence-electron chi connectivity index (χ0n) is 11.4. The van der Waals surface area contributed by atoms with E-state index in [0.29, 0.717) is 16.9 Å². The molecule has 2 aromatic rings. The molecule has 0 spiro atoms. The van der Waals surface area contributed by atoms with Gasteiger partial charge in [0.05, 0.1) is 18.9 Å². The summed E-state index contributed by atoms with van der Waals surface area (Å²) in [4.78, 5) is 23.7. The summed E-state index contributed by atoms with van der Waals surface area (Å²) >= 11 is 0. The molecule has 1 amide bonds. The topological polar surface area (TPSA) is 67.8 Å². The van der Waals surface area contributed by atoms with Crippen molar-refractivity contribution >= 4 is 17.9 Å². The van der Waals surface area contributed by atoms with Gasteiger partial charge in [-0.15, -0.1) is 0 Å². The summed E-state index contributed by atoms with van der Waals surface area (Å²) < 4.78 is 5.08. The van der Waals surface area contributed by atoms with Gasteiger partial charge in [-0.25, -0.2) is 5.43 Å². The third-order valence-corrected chi connectivity index (χ3v) is 2.76. The van der Waals surface area contributed by atoms with Crippen molar-refractivity contribution in [3.05, 3.63) is 65.7 Å². The normalized spacial score (nSPS) is 10.3. The molecule has 0 aliphatic heterocycles. The van der Waals surface area contributed by atoms with Crippen LogP contribution in [0.2, 0.25) is 0 Å². The Kier molecular flexibility index (Phi) is 4.82. The summed E-state index contributed by atoms with van der Waals surface area (Å²) in [5.41, 5.74) is 3.16. The lowest BCUT2D eigenvalue weighted by atomic mass is 10.1. The van der Waals surface area contributed by atoms with Gasteiger partial charge in [0, 0.05) is 5.56 Å². The SMILES string of the molecule is COc1ccccc1C(=O)N/N=C/C(=O)c1ccccc1. The number of para-hydroxylation sites is 1. The van der Waals surface area contributed by atoms with Gasteiger partial charge in [-0.2, -0.15) is 5.10 Å². The van der Waals surface area contributed by atoms with Gasteiger partial charge in [-0.1, -0.05) is 42.5 Å². The highest BCUT2D eigenvalue weighted by atomic mass is 16.5. The Morgan fingerprint density at radius 3 is 2.43 bits per heavy atom. The lowest BCUT2D eigenvalue weighted by molar-refractivity contribution is 0.0952. The molecular formula is C16H14N2O3. The van der Waals surface area contributed by atoms with E-state index in [4.69, 9.17) is 4.74 Å². The fourth-order valence-electron chi connectivity index (χ4n) is 1.72. The second-order valence-electron chi connectivity index (χ2n) is 4.13. The van der Waals surface area contributed by atoms with Gasteiger partial charge >= 0.3 is 0 Å². The summed E-state index contributed by atoms with van der Waals surface area (Å²) in [5, 5.41) is 3.67. The Balaban J connectivity index is 2.01. The molecule has 1 N–H and O–H groups in total. The molecule has 5 heteroatoms. The number of hydrogen-bond acceptors (Lipinski definition) is 4. The second kappa shape index (κ2) is 7.00. The number of nitrogens with one attached hydrogen (secondary N) is 1. The molecule has 2 aromatic carbocycles. The summed E-state index contributed by atoms with van der Waals surface area (Å²) in [6, 6.07) is 15.5. The summed E-state index contributed by atoms with van der Waals surface area (Å²) in [6.45, 7) is 0. The fraction of sp³-hybridized carbons (Fsp3) is 0.0625. The molecule has 0 heterocycles. The number of Topliss-reactive ketones (excluding diaryl/α,β-unsaturated/α-hetero) is 1. The fourth-order valence-corrected chi connectivity index (χ4v) is 1.72. The average Bonchev–Trinajstić information content (AvgIpc) is 2.55. The van der Waals surface area contributed by atoms with Crippen molar-refractivity contribution in [1.82, 2.24) is 5.43 Å². The zero-order valence-corrected chi connectivity index (χ0v) is 11.4. The Morgan fingerprint density at radius 1 is 1.05 bits per heavy atom. The molecule has 0 aliphatic rings. The first kappa shape index (κ1) is 14.5. The molecule has 0 unspecified atom stereocenters. The van der Waals surface area contributed by atoms with E-state index in [2.05, 4.69) is 10.5 Å². The largest absolute Gasteiger partial charge is 0.496 e. The van der Waals surface area contributed by atoms with Crippen LogP contribution in [-0.4, -0.2) is 25.0 Å². The third kappa shape index (κ3) is 3.76. The minimum atomic E-state index is -0.440. The minimum absolute atomic E-state index is 0.282. The summed E-state index contributed by atoms with van der Waals surface area (Å²) in [7, 11) is 1.48. The zero-order chi connectivity index (χ0) is 15.1. The molecule has 21 heavy (non-hydrogen) atoms. The van der Waals surface area contributed by atoms with Gasteiger partial charge in [0.15, 0.2) is 0 Å². The molecule has 0 atom stereocenters. The van der Waals surface area contributed by atoms with Gasteiger partial charge in [0.2, 0.25) is 5.78 Å². The Hall–Kier alpha value is -2.95. The van der Waals surface area contributed by atoms with E-state index in [-0.39, 0.29) is 5.78 Å². The van der Waals surface area contributed by atoms with Gasteiger partial charge < -0.3 is 4.74 Å². The smallest absolute Gasteiger partial charge is 0.275 e. The van der Waals surface area contributed by atoms with Crippen molar-refractivity contribution in [2.24, 2.45) is 5.10 Å². The van der Waals surface area contributed by atoms with Crippen LogP contribution in [0.1, 0.15) is 20.7 Å². The van der Waals surface area contributed by atoms with Crippen molar-refractivity contribution in [1.29, 1.82) is 0 Å². The number of carbonyl (C=O) groups is 2. The van der Waals surface area contributed by atoms with Crippen LogP contribution in [0.5, 0.6) is 5.75 Å². The van der Waals surface area contributed by atoms with Crippen molar-refractivity contribution in [3.63, 3.8) is 0 Å².